The molecule has 74 valence electrons. The van der Waals surface area contributed by atoms with Crippen LogP contribution >= 0.6 is 27.5 Å². The summed E-state index contributed by atoms with van der Waals surface area (Å²) in [6, 6.07) is 1.11. The molecule has 14 heavy (non-hydrogen) atoms. The molecule has 1 aromatic carbocycles. The van der Waals surface area contributed by atoms with E-state index in [4.69, 9.17) is 21.6 Å². The minimum absolute atomic E-state index is 0.0955. The molecular weight excluding hydrogens is 277 g/mol. The predicted octanol–water partition coefficient (Wildman–Crippen LogP) is 0.734. The zero-order chi connectivity index (χ0) is 10.9. The summed E-state index contributed by atoms with van der Waals surface area (Å²) in [4.78, 5) is 10.5. The van der Waals surface area contributed by atoms with E-state index in [9.17, 15) is 9.18 Å². The van der Waals surface area contributed by atoms with Crippen molar-refractivity contribution < 1.29 is 19.2 Å². The van der Waals surface area contributed by atoms with E-state index in [1.807, 2.05) is 0 Å². The molecule has 3 nitrogen and oxygen atoms in total. The van der Waals surface area contributed by atoms with E-state index >= 15 is 0 Å². The van der Waals surface area contributed by atoms with Crippen molar-refractivity contribution >= 4 is 46.4 Å². The van der Waals surface area contributed by atoms with Crippen LogP contribution in [0.2, 0.25) is 5.02 Å². The van der Waals surface area contributed by atoms with Crippen molar-refractivity contribution in [3.05, 3.63) is 26.9 Å². The summed E-state index contributed by atoms with van der Waals surface area (Å²) >= 11 is 8.55. The van der Waals surface area contributed by atoms with Crippen molar-refractivity contribution in [2.24, 2.45) is 0 Å². The number of carbonyl (C=O) groups is 1. The van der Waals surface area contributed by atoms with Gasteiger partial charge in [-0.1, -0.05) is 11.6 Å². The van der Waals surface area contributed by atoms with Crippen molar-refractivity contribution in [3.8, 4) is 0 Å². The molecule has 0 fully saturated rings. The van der Waals surface area contributed by atoms with Gasteiger partial charge < -0.3 is 10.0 Å². The Morgan fingerprint density at radius 1 is 1.57 bits per heavy atom. The van der Waals surface area contributed by atoms with Crippen molar-refractivity contribution in [3.63, 3.8) is 0 Å². The van der Waals surface area contributed by atoms with Crippen LogP contribution in [0.25, 0.3) is 0 Å². The number of benzene rings is 1. The van der Waals surface area contributed by atoms with Crippen molar-refractivity contribution in [1.82, 2.24) is 0 Å². The number of carbonyl (C=O) groups excluding carboxylic acids is 1. The van der Waals surface area contributed by atoms with Crippen LogP contribution in [0.5, 0.6) is 0 Å². The Kier molecular flexibility index (Phi) is 3.66. The Labute approximate surface area is 92.8 Å². The van der Waals surface area contributed by atoms with Gasteiger partial charge in [0.15, 0.2) is 6.29 Å². The van der Waals surface area contributed by atoms with Crippen molar-refractivity contribution in [1.29, 1.82) is 0 Å². The molecule has 1 rings (SSSR count). The molecule has 0 bridgehead atoms. The van der Waals surface area contributed by atoms with Crippen LogP contribution in [-0.4, -0.2) is 23.5 Å². The zero-order valence-electron chi connectivity index (χ0n) is 6.67. The zero-order valence-corrected chi connectivity index (χ0v) is 9.01. The summed E-state index contributed by atoms with van der Waals surface area (Å²) in [6.45, 7) is 0. The number of hydrogen-bond donors (Lipinski definition) is 2. The SMILES string of the molecule is O=Cc1c(F)c(B(O)O)cc(Br)c1Cl. The van der Waals surface area contributed by atoms with Crippen molar-refractivity contribution in [2.75, 3.05) is 0 Å². The third kappa shape index (κ3) is 1.98. The van der Waals surface area contributed by atoms with Crippen LogP contribution in [-0.2, 0) is 0 Å². The molecule has 0 radical (unpaired) electrons. The average Bonchev–Trinajstić information content (AvgIpc) is 2.12. The normalized spacial score (nSPS) is 10.1. The molecular formula is C7H4BBrClFO3. The first-order chi connectivity index (χ1) is 6.49. The van der Waals surface area contributed by atoms with Crippen LogP contribution in [0.1, 0.15) is 10.4 Å². The van der Waals surface area contributed by atoms with Crippen LogP contribution in [0.4, 0.5) is 4.39 Å². The van der Waals surface area contributed by atoms with E-state index in [-0.39, 0.29) is 15.8 Å². The summed E-state index contributed by atoms with van der Waals surface area (Å²) in [6.07, 6.45) is 0.217. The summed E-state index contributed by atoms with van der Waals surface area (Å²) in [5, 5.41) is 17.5. The second-order valence-corrected chi connectivity index (χ2v) is 3.71. The first kappa shape index (κ1) is 11.6. The van der Waals surface area contributed by atoms with E-state index in [0.29, 0.717) is 0 Å². The van der Waals surface area contributed by atoms with Gasteiger partial charge >= 0.3 is 7.12 Å². The lowest BCUT2D eigenvalue weighted by molar-refractivity contribution is 0.112. The van der Waals surface area contributed by atoms with Gasteiger partial charge in [-0.3, -0.25) is 4.79 Å². The average molecular weight is 281 g/mol. The van der Waals surface area contributed by atoms with Gasteiger partial charge in [0, 0.05) is 9.94 Å². The number of hydrogen-bond acceptors (Lipinski definition) is 3. The Bertz CT molecular complexity index is 386. The number of aldehydes is 1. The smallest absolute Gasteiger partial charge is 0.423 e. The lowest BCUT2D eigenvalue weighted by Gasteiger charge is -2.07. The number of rotatable bonds is 2. The molecule has 0 saturated carbocycles. The molecule has 0 aromatic heterocycles. The van der Waals surface area contributed by atoms with Crippen LogP contribution in [0, 0.1) is 5.82 Å². The summed E-state index contributed by atoms with van der Waals surface area (Å²) in [5.41, 5.74) is -0.799. The Hall–Kier alpha value is -0.425. The Morgan fingerprint density at radius 3 is 2.57 bits per heavy atom. The minimum atomic E-state index is -1.98. The molecule has 0 spiro atoms. The maximum atomic E-state index is 13.3. The van der Waals surface area contributed by atoms with Gasteiger partial charge in [0.05, 0.1) is 10.6 Å². The fourth-order valence-corrected chi connectivity index (χ4v) is 1.58. The highest BCUT2D eigenvalue weighted by molar-refractivity contribution is 9.10. The van der Waals surface area contributed by atoms with E-state index < -0.39 is 24.0 Å². The maximum absolute atomic E-state index is 13.3. The number of halogens is 3. The lowest BCUT2D eigenvalue weighted by atomic mass is 9.79. The van der Waals surface area contributed by atoms with E-state index in [1.165, 1.54) is 0 Å². The van der Waals surface area contributed by atoms with Gasteiger partial charge in [-0.2, -0.15) is 0 Å². The second kappa shape index (κ2) is 4.40. The molecule has 1 aromatic rings. The van der Waals surface area contributed by atoms with Gasteiger partial charge in [0.25, 0.3) is 0 Å². The Balaban J connectivity index is 3.50. The summed E-state index contributed by atoms with van der Waals surface area (Å²) in [5.74, 6) is -1.02. The van der Waals surface area contributed by atoms with Gasteiger partial charge in [-0.15, -0.1) is 0 Å². The fourth-order valence-electron chi connectivity index (χ4n) is 0.935. The highest BCUT2D eigenvalue weighted by Crippen LogP contribution is 2.26. The quantitative estimate of drug-likeness (QED) is 0.477. The Morgan fingerprint density at radius 2 is 2.14 bits per heavy atom. The van der Waals surface area contributed by atoms with Crippen molar-refractivity contribution in [2.45, 2.75) is 0 Å². The van der Waals surface area contributed by atoms with E-state index in [2.05, 4.69) is 15.9 Å². The monoisotopic (exact) mass is 280 g/mol. The molecule has 7 heteroatoms. The first-order valence-corrected chi connectivity index (χ1v) is 4.64. The van der Waals surface area contributed by atoms with Gasteiger partial charge in [0.2, 0.25) is 0 Å². The van der Waals surface area contributed by atoms with Crippen LogP contribution in [0.3, 0.4) is 0 Å². The van der Waals surface area contributed by atoms with Gasteiger partial charge in [-0.25, -0.2) is 4.39 Å². The third-order valence-electron chi connectivity index (χ3n) is 1.61. The fraction of sp³-hybridized carbons (Fsp3) is 0. The minimum Gasteiger partial charge on any atom is -0.423 e. The van der Waals surface area contributed by atoms with E-state index in [1.54, 1.807) is 0 Å². The highest BCUT2D eigenvalue weighted by atomic mass is 79.9. The maximum Gasteiger partial charge on any atom is 0.491 e. The molecule has 0 heterocycles. The summed E-state index contributed by atoms with van der Waals surface area (Å²) < 4.78 is 13.5. The summed E-state index contributed by atoms with van der Waals surface area (Å²) in [7, 11) is -1.98. The molecule has 0 atom stereocenters. The van der Waals surface area contributed by atoms with E-state index in [0.717, 1.165) is 6.07 Å². The van der Waals surface area contributed by atoms with Crippen LogP contribution < -0.4 is 5.46 Å². The standard InChI is InChI=1S/C7H4BBrClFO3/c9-5-1-4(8(13)14)7(11)3(2-12)6(5)10/h1-2,13-14H. The molecule has 0 aliphatic carbocycles. The van der Waals surface area contributed by atoms with Gasteiger partial charge in [0.1, 0.15) is 5.82 Å². The third-order valence-corrected chi connectivity index (χ3v) is 2.88. The lowest BCUT2D eigenvalue weighted by Crippen LogP contribution is -2.33. The molecule has 0 aliphatic rings. The van der Waals surface area contributed by atoms with Gasteiger partial charge in [-0.05, 0) is 22.0 Å². The topological polar surface area (TPSA) is 57.5 Å². The molecule has 2 N–H and O–H groups in total. The molecule has 0 aliphatic heterocycles. The second-order valence-electron chi connectivity index (χ2n) is 2.48. The van der Waals surface area contributed by atoms with Crippen LogP contribution in [0.15, 0.2) is 10.5 Å². The largest absolute Gasteiger partial charge is 0.491 e. The highest BCUT2D eigenvalue weighted by Gasteiger charge is 2.22. The molecule has 0 amide bonds. The predicted molar refractivity (Wildman–Crippen MR) is 54.3 cm³/mol. The first-order valence-electron chi connectivity index (χ1n) is 3.47. The molecule has 0 saturated heterocycles. The molecule has 0 unspecified atom stereocenters.